The normalized spacial score (nSPS) is 13.7. The molecule has 5 nitrogen and oxygen atoms in total. The monoisotopic (exact) mass is 338 g/mol. The third-order valence-electron chi connectivity index (χ3n) is 4.20. The van der Waals surface area contributed by atoms with Crippen molar-refractivity contribution in [2.75, 3.05) is 41.2 Å². The van der Waals surface area contributed by atoms with Gasteiger partial charge in [-0.2, -0.15) is 0 Å². The molecule has 0 aliphatic heterocycles. The summed E-state index contributed by atoms with van der Waals surface area (Å²) in [7, 11) is 0.797. The van der Waals surface area contributed by atoms with Crippen LogP contribution in [0.4, 0.5) is 0 Å². The molecule has 0 aliphatic rings. The van der Waals surface area contributed by atoms with Crippen molar-refractivity contribution in [3.05, 3.63) is 0 Å². The zero-order valence-electron chi connectivity index (χ0n) is 15.1. The summed E-state index contributed by atoms with van der Waals surface area (Å²) >= 11 is 0. The minimum absolute atomic E-state index is 0.244. The lowest BCUT2D eigenvalue weighted by molar-refractivity contribution is 0.0870. The summed E-state index contributed by atoms with van der Waals surface area (Å²) in [5.41, 5.74) is 0. The molecule has 0 fully saturated rings. The van der Waals surface area contributed by atoms with Crippen molar-refractivity contribution in [3.63, 3.8) is 0 Å². The minimum Gasteiger partial charge on any atom is -0.414 e. The third kappa shape index (κ3) is 7.36. The Balaban J connectivity index is 3.79. The van der Waals surface area contributed by atoms with Crippen LogP contribution in [0.15, 0.2) is 0 Å². The standard InChI is InChI=1S/C14H34O5Si2/c1-14(2,3)20(7,8)19-12-11-18-10-9-13-21(15-4,16-5)17-6/h9-13H2,1-8H3. The van der Waals surface area contributed by atoms with E-state index in [0.29, 0.717) is 19.8 Å². The van der Waals surface area contributed by atoms with Crippen LogP contribution < -0.4 is 0 Å². The summed E-state index contributed by atoms with van der Waals surface area (Å²) in [6.07, 6.45) is 0.863. The van der Waals surface area contributed by atoms with Crippen LogP contribution in [0.3, 0.4) is 0 Å². The highest BCUT2D eigenvalue weighted by molar-refractivity contribution is 6.74. The number of rotatable bonds is 11. The molecule has 0 N–H and O–H groups in total. The molecule has 0 spiro atoms. The van der Waals surface area contributed by atoms with Crippen molar-refractivity contribution in [2.24, 2.45) is 0 Å². The molecule has 0 aliphatic carbocycles. The molecule has 0 amide bonds. The van der Waals surface area contributed by atoms with Gasteiger partial charge < -0.3 is 22.4 Å². The number of ether oxygens (including phenoxy) is 1. The zero-order chi connectivity index (χ0) is 16.6. The summed E-state index contributed by atoms with van der Waals surface area (Å²) < 4.78 is 27.8. The van der Waals surface area contributed by atoms with E-state index in [2.05, 4.69) is 33.9 Å². The van der Waals surface area contributed by atoms with Crippen LogP contribution in [0.5, 0.6) is 0 Å². The van der Waals surface area contributed by atoms with Crippen LogP contribution >= 0.6 is 0 Å². The molecule has 0 saturated carbocycles. The molecule has 0 aromatic rings. The Morgan fingerprint density at radius 3 is 1.76 bits per heavy atom. The van der Waals surface area contributed by atoms with Gasteiger partial charge in [-0.15, -0.1) is 0 Å². The van der Waals surface area contributed by atoms with Gasteiger partial charge >= 0.3 is 8.80 Å². The second-order valence-electron chi connectivity index (χ2n) is 6.62. The van der Waals surface area contributed by atoms with E-state index in [1.807, 2.05) is 0 Å². The highest BCUT2D eigenvalue weighted by Crippen LogP contribution is 2.36. The van der Waals surface area contributed by atoms with Gasteiger partial charge in [0.2, 0.25) is 0 Å². The molecule has 7 heteroatoms. The Hall–Kier alpha value is 0.234. The minimum atomic E-state index is -2.45. The van der Waals surface area contributed by atoms with Gasteiger partial charge in [0.15, 0.2) is 8.32 Å². The molecule has 21 heavy (non-hydrogen) atoms. The maximum atomic E-state index is 6.05. The molecule has 0 aromatic carbocycles. The summed E-state index contributed by atoms with van der Waals surface area (Å²) in [5, 5.41) is 0.244. The predicted octanol–water partition coefficient (Wildman–Crippen LogP) is 3.29. The molecule has 0 atom stereocenters. The van der Waals surface area contributed by atoms with E-state index in [-0.39, 0.29) is 5.04 Å². The SMILES string of the molecule is CO[Si](CCCOCCO[Si](C)(C)C(C)(C)C)(OC)OC. The van der Waals surface area contributed by atoms with Gasteiger partial charge in [0.05, 0.1) is 13.2 Å². The van der Waals surface area contributed by atoms with E-state index < -0.39 is 17.1 Å². The summed E-state index contributed by atoms with van der Waals surface area (Å²) in [6.45, 7) is 13.2. The molecule has 0 bridgehead atoms. The molecular formula is C14H34O5Si2. The number of hydrogen-bond donors (Lipinski definition) is 0. The summed E-state index contributed by atoms with van der Waals surface area (Å²) in [4.78, 5) is 0. The van der Waals surface area contributed by atoms with Crippen molar-refractivity contribution < 1.29 is 22.4 Å². The highest BCUT2D eigenvalue weighted by atomic mass is 28.4. The second kappa shape index (κ2) is 9.39. The fraction of sp³-hybridized carbons (Fsp3) is 1.00. The lowest BCUT2D eigenvalue weighted by Gasteiger charge is -2.36. The number of hydrogen-bond acceptors (Lipinski definition) is 5. The maximum Gasteiger partial charge on any atom is 0.500 e. The summed E-state index contributed by atoms with van der Waals surface area (Å²) in [5.74, 6) is 0. The van der Waals surface area contributed by atoms with Gasteiger partial charge in [-0.3, -0.25) is 0 Å². The van der Waals surface area contributed by atoms with Crippen molar-refractivity contribution >= 4 is 17.1 Å². The molecule has 0 heterocycles. The van der Waals surface area contributed by atoms with E-state index in [1.165, 1.54) is 0 Å². The highest BCUT2D eigenvalue weighted by Gasteiger charge is 2.37. The zero-order valence-corrected chi connectivity index (χ0v) is 17.1. The van der Waals surface area contributed by atoms with E-state index in [1.54, 1.807) is 21.3 Å². The van der Waals surface area contributed by atoms with Crippen molar-refractivity contribution in [2.45, 2.75) is 51.4 Å². The van der Waals surface area contributed by atoms with Gasteiger partial charge in [0, 0.05) is 34.0 Å². The Morgan fingerprint density at radius 2 is 1.33 bits per heavy atom. The summed E-state index contributed by atoms with van der Waals surface area (Å²) in [6, 6.07) is 0.763. The van der Waals surface area contributed by atoms with E-state index in [4.69, 9.17) is 22.4 Å². The molecular weight excluding hydrogens is 304 g/mol. The molecule has 128 valence electrons. The first kappa shape index (κ1) is 21.2. The quantitative estimate of drug-likeness (QED) is 0.427. The maximum absolute atomic E-state index is 6.05. The first-order chi connectivity index (χ1) is 9.64. The third-order valence-corrected chi connectivity index (χ3v) is 11.6. The lowest BCUT2D eigenvalue weighted by Crippen LogP contribution is -2.42. The first-order valence-corrected chi connectivity index (χ1v) is 12.4. The van der Waals surface area contributed by atoms with Crippen molar-refractivity contribution in [3.8, 4) is 0 Å². The van der Waals surface area contributed by atoms with Crippen LogP contribution in [0.2, 0.25) is 24.2 Å². The van der Waals surface area contributed by atoms with Gasteiger partial charge in [-0.25, -0.2) is 0 Å². The topological polar surface area (TPSA) is 46.2 Å². The average Bonchev–Trinajstić information content (AvgIpc) is 2.41. The Bertz CT molecular complexity index is 261. The van der Waals surface area contributed by atoms with Gasteiger partial charge in [-0.1, -0.05) is 20.8 Å². The lowest BCUT2D eigenvalue weighted by atomic mass is 10.2. The predicted molar refractivity (Wildman–Crippen MR) is 90.2 cm³/mol. The molecule has 0 saturated heterocycles. The van der Waals surface area contributed by atoms with E-state index >= 15 is 0 Å². The van der Waals surface area contributed by atoms with E-state index in [0.717, 1.165) is 12.5 Å². The van der Waals surface area contributed by atoms with Gasteiger partial charge in [0.25, 0.3) is 0 Å². The van der Waals surface area contributed by atoms with Crippen molar-refractivity contribution in [1.82, 2.24) is 0 Å². The molecule has 0 radical (unpaired) electrons. The van der Waals surface area contributed by atoms with Crippen molar-refractivity contribution in [1.29, 1.82) is 0 Å². The van der Waals surface area contributed by atoms with Crippen LogP contribution in [0.1, 0.15) is 27.2 Å². The Labute approximate surface area is 132 Å². The molecule has 0 unspecified atom stereocenters. The second-order valence-corrected chi connectivity index (χ2v) is 14.5. The molecule has 0 aromatic heterocycles. The van der Waals surface area contributed by atoms with Gasteiger partial charge in [-0.05, 0) is 24.6 Å². The Kier molecular flexibility index (Phi) is 9.49. The van der Waals surface area contributed by atoms with E-state index in [9.17, 15) is 0 Å². The smallest absolute Gasteiger partial charge is 0.414 e. The Morgan fingerprint density at radius 1 is 0.810 bits per heavy atom. The van der Waals surface area contributed by atoms with Gasteiger partial charge in [0.1, 0.15) is 0 Å². The first-order valence-electron chi connectivity index (χ1n) is 7.51. The molecule has 0 rings (SSSR count). The van der Waals surface area contributed by atoms with Crippen LogP contribution in [-0.4, -0.2) is 58.3 Å². The average molecular weight is 339 g/mol. The fourth-order valence-corrected chi connectivity index (χ4v) is 4.34. The van der Waals surface area contributed by atoms with Crippen LogP contribution in [0.25, 0.3) is 0 Å². The van der Waals surface area contributed by atoms with Crippen LogP contribution in [0, 0.1) is 0 Å². The fourth-order valence-electron chi connectivity index (χ4n) is 1.62. The van der Waals surface area contributed by atoms with Crippen LogP contribution in [-0.2, 0) is 22.4 Å². The largest absolute Gasteiger partial charge is 0.500 e.